The molecule has 0 aliphatic rings. The molecule has 0 aromatic heterocycles. The van der Waals surface area contributed by atoms with Crippen LogP contribution >= 0.6 is 15.9 Å². The van der Waals surface area contributed by atoms with E-state index < -0.39 is 0 Å². The highest BCUT2D eigenvalue weighted by Gasteiger charge is 2.03. The number of nitrogens with two attached hydrogens (primary N) is 1. The third kappa shape index (κ3) is 3.83. The molecule has 0 aliphatic carbocycles. The second-order valence-electron chi connectivity index (χ2n) is 3.82. The molecule has 4 N–H and O–H groups in total. The highest BCUT2D eigenvalue weighted by Crippen LogP contribution is 2.23. The average molecular weight is 285 g/mol. The van der Waals surface area contributed by atoms with E-state index >= 15 is 0 Å². The Balaban J connectivity index is 2.86. The number of hydrazine groups is 1. The molecule has 4 nitrogen and oxygen atoms in total. The summed E-state index contributed by atoms with van der Waals surface area (Å²) >= 11 is 3.48. The van der Waals surface area contributed by atoms with Crippen LogP contribution in [0.25, 0.3) is 0 Å². The van der Waals surface area contributed by atoms with Crippen LogP contribution in [0.3, 0.4) is 0 Å². The maximum atomic E-state index is 5.39. The number of anilines is 1. The van der Waals surface area contributed by atoms with E-state index in [9.17, 15) is 0 Å². The summed E-state index contributed by atoms with van der Waals surface area (Å²) in [6.45, 7) is 6.02. The molecule has 0 fully saturated rings. The van der Waals surface area contributed by atoms with Gasteiger partial charge in [-0.1, -0.05) is 6.07 Å². The lowest BCUT2D eigenvalue weighted by molar-refractivity contribution is 0.819. The van der Waals surface area contributed by atoms with Gasteiger partial charge in [0.25, 0.3) is 0 Å². The van der Waals surface area contributed by atoms with Crippen molar-refractivity contribution in [3.05, 3.63) is 28.2 Å². The quantitative estimate of drug-likeness (QED) is 0.338. The Bertz CT molecular complexity index is 388. The lowest BCUT2D eigenvalue weighted by Gasteiger charge is -2.12. The SMILES string of the molecule is Cc1ccc(NC(=NC(C)C)NN)c(Br)c1. The molecule has 16 heavy (non-hydrogen) atoms. The molecule has 1 aromatic carbocycles. The second-order valence-corrected chi connectivity index (χ2v) is 4.68. The minimum absolute atomic E-state index is 0.183. The Morgan fingerprint density at radius 2 is 2.12 bits per heavy atom. The lowest BCUT2D eigenvalue weighted by atomic mass is 10.2. The van der Waals surface area contributed by atoms with Gasteiger partial charge in [0.05, 0.1) is 5.69 Å². The molecule has 0 aliphatic heterocycles. The number of benzene rings is 1. The number of halogens is 1. The molecular formula is C11H17BrN4. The van der Waals surface area contributed by atoms with Gasteiger partial charge < -0.3 is 5.32 Å². The molecule has 1 rings (SSSR count). The van der Waals surface area contributed by atoms with Crippen molar-refractivity contribution in [1.29, 1.82) is 0 Å². The summed E-state index contributed by atoms with van der Waals surface area (Å²) in [6, 6.07) is 6.22. The number of hydrogen-bond acceptors (Lipinski definition) is 2. The Hall–Kier alpha value is -1.07. The number of aryl methyl sites for hydroxylation is 1. The Kier molecular flexibility index (Phi) is 4.76. The van der Waals surface area contributed by atoms with Crippen molar-refractivity contribution in [2.45, 2.75) is 26.8 Å². The molecule has 1 aromatic rings. The van der Waals surface area contributed by atoms with Crippen LogP contribution in [0.5, 0.6) is 0 Å². The van der Waals surface area contributed by atoms with E-state index in [-0.39, 0.29) is 6.04 Å². The first-order valence-electron chi connectivity index (χ1n) is 5.10. The van der Waals surface area contributed by atoms with Gasteiger partial charge in [0.1, 0.15) is 0 Å². The van der Waals surface area contributed by atoms with E-state index in [1.165, 1.54) is 5.56 Å². The molecule has 0 bridgehead atoms. The first-order chi connectivity index (χ1) is 7.52. The van der Waals surface area contributed by atoms with Gasteiger partial charge in [0.2, 0.25) is 5.96 Å². The van der Waals surface area contributed by atoms with Crippen LogP contribution in [0.4, 0.5) is 5.69 Å². The van der Waals surface area contributed by atoms with E-state index in [1.807, 2.05) is 39.0 Å². The topological polar surface area (TPSA) is 62.4 Å². The lowest BCUT2D eigenvalue weighted by Crippen LogP contribution is -2.37. The molecule has 0 saturated carbocycles. The standard InChI is InChI=1S/C11H17BrN4/c1-7(2)14-11(16-13)15-10-5-4-8(3)6-9(10)12/h4-7H,13H2,1-3H3,(H2,14,15,16). The monoisotopic (exact) mass is 284 g/mol. The summed E-state index contributed by atoms with van der Waals surface area (Å²) in [4.78, 5) is 4.30. The van der Waals surface area contributed by atoms with Gasteiger partial charge in [-0.3, -0.25) is 5.43 Å². The maximum Gasteiger partial charge on any atom is 0.210 e. The molecule has 5 heteroatoms. The zero-order valence-electron chi connectivity index (χ0n) is 9.71. The van der Waals surface area contributed by atoms with Gasteiger partial charge >= 0.3 is 0 Å². The molecule has 0 saturated heterocycles. The van der Waals surface area contributed by atoms with Crippen LogP contribution in [-0.2, 0) is 0 Å². The van der Waals surface area contributed by atoms with Gasteiger partial charge in [-0.2, -0.15) is 0 Å². The van der Waals surface area contributed by atoms with Crippen LogP contribution in [0, 0.1) is 6.92 Å². The van der Waals surface area contributed by atoms with E-state index in [0.29, 0.717) is 5.96 Å². The molecule has 0 spiro atoms. The number of rotatable bonds is 2. The van der Waals surface area contributed by atoms with E-state index in [2.05, 4.69) is 31.7 Å². The van der Waals surface area contributed by atoms with E-state index in [0.717, 1.165) is 10.2 Å². The summed E-state index contributed by atoms with van der Waals surface area (Å²) in [6.07, 6.45) is 0. The van der Waals surface area contributed by atoms with Crippen LogP contribution in [0.15, 0.2) is 27.7 Å². The highest BCUT2D eigenvalue weighted by molar-refractivity contribution is 9.10. The summed E-state index contributed by atoms with van der Waals surface area (Å²) in [5, 5.41) is 3.12. The third-order valence-corrected chi connectivity index (χ3v) is 2.56. The van der Waals surface area contributed by atoms with Crippen LogP contribution < -0.4 is 16.6 Å². The van der Waals surface area contributed by atoms with Crippen molar-refractivity contribution in [3.8, 4) is 0 Å². The van der Waals surface area contributed by atoms with Crippen LogP contribution in [0.1, 0.15) is 19.4 Å². The summed E-state index contributed by atoms with van der Waals surface area (Å²) < 4.78 is 0.985. The molecule has 0 atom stereocenters. The van der Waals surface area contributed by atoms with Gasteiger partial charge in [-0.15, -0.1) is 0 Å². The third-order valence-electron chi connectivity index (χ3n) is 1.90. The fourth-order valence-corrected chi connectivity index (χ4v) is 1.81. The first kappa shape index (κ1) is 13.0. The van der Waals surface area contributed by atoms with Gasteiger partial charge in [-0.05, 0) is 54.4 Å². The normalized spacial score (nSPS) is 11.8. The summed E-state index contributed by atoms with van der Waals surface area (Å²) in [5.41, 5.74) is 4.67. The van der Waals surface area contributed by atoms with Gasteiger partial charge in [0, 0.05) is 10.5 Å². The Morgan fingerprint density at radius 1 is 1.44 bits per heavy atom. The van der Waals surface area contributed by atoms with Crippen molar-refractivity contribution < 1.29 is 0 Å². The largest absolute Gasteiger partial charge is 0.324 e. The Morgan fingerprint density at radius 3 is 2.62 bits per heavy atom. The molecular weight excluding hydrogens is 268 g/mol. The van der Waals surface area contributed by atoms with E-state index in [4.69, 9.17) is 5.84 Å². The first-order valence-corrected chi connectivity index (χ1v) is 5.90. The minimum atomic E-state index is 0.183. The van der Waals surface area contributed by atoms with Crippen molar-refractivity contribution >= 4 is 27.6 Å². The second kappa shape index (κ2) is 5.86. The van der Waals surface area contributed by atoms with Crippen LogP contribution in [0.2, 0.25) is 0 Å². The average Bonchev–Trinajstić information content (AvgIpc) is 2.20. The predicted octanol–water partition coefficient (Wildman–Crippen LogP) is 2.40. The molecule has 0 radical (unpaired) electrons. The van der Waals surface area contributed by atoms with Gasteiger partial charge in [0.15, 0.2) is 0 Å². The summed E-state index contributed by atoms with van der Waals surface area (Å²) in [5.74, 6) is 5.95. The molecule has 0 heterocycles. The molecule has 88 valence electrons. The maximum absolute atomic E-state index is 5.39. The number of guanidine groups is 1. The fraction of sp³-hybridized carbons (Fsp3) is 0.364. The van der Waals surface area contributed by atoms with Crippen molar-refractivity contribution in [3.63, 3.8) is 0 Å². The van der Waals surface area contributed by atoms with Crippen LogP contribution in [-0.4, -0.2) is 12.0 Å². The fourth-order valence-electron chi connectivity index (χ4n) is 1.21. The highest BCUT2D eigenvalue weighted by atomic mass is 79.9. The molecule has 0 amide bonds. The van der Waals surface area contributed by atoms with Crippen molar-refractivity contribution in [2.75, 3.05) is 5.32 Å². The smallest absolute Gasteiger partial charge is 0.210 e. The van der Waals surface area contributed by atoms with E-state index in [1.54, 1.807) is 0 Å². The number of nitrogens with one attached hydrogen (secondary N) is 2. The predicted molar refractivity (Wildman–Crippen MR) is 72.4 cm³/mol. The minimum Gasteiger partial charge on any atom is -0.324 e. The molecule has 0 unspecified atom stereocenters. The van der Waals surface area contributed by atoms with Gasteiger partial charge in [-0.25, -0.2) is 10.8 Å². The van der Waals surface area contributed by atoms with Crippen molar-refractivity contribution in [1.82, 2.24) is 5.43 Å². The van der Waals surface area contributed by atoms with Crippen molar-refractivity contribution in [2.24, 2.45) is 10.8 Å². The zero-order chi connectivity index (χ0) is 12.1. The number of nitrogens with zero attached hydrogens (tertiary/aromatic N) is 1. The number of aliphatic imine (C=N–C) groups is 1. The summed E-state index contributed by atoms with van der Waals surface area (Å²) in [7, 11) is 0. The Labute approximate surface area is 104 Å². The zero-order valence-corrected chi connectivity index (χ0v) is 11.3. The number of hydrogen-bond donors (Lipinski definition) is 3.